The Balaban J connectivity index is 1.69. The summed E-state index contributed by atoms with van der Waals surface area (Å²) in [7, 11) is 1.58. The Morgan fingerprint density at radius 2 is 1.79 bits per heavy atom. The summed E-state index contributed by atoms with van der Waals surface area (Å²) in [5, 5.41) is 8.46. The van der Waals surface area contributed by atoms with Crippen molar-refractivity contribution in [3.8, 4) is 5.75 Å². The summed E-state index contributed by atoms with van der Waals surface area (Å²) in [6.45, 7) is 0. The number of benzene rings is 1. The molecule has 0 radical (unpaired) electrons. The van der Waals surface area contributed by atoms with Crippen LogP contribution in [0.1, 0.15) is 49.7 Å². The first-order chi connectivity index (χ1) is 14.2. The molecule has 2 amide bonds. The molecule has 0 saturated carbocycles. The maximum atomic E-state index is 13.3. The number of fused-ring (bicyclic) bond motifs is 1. The first-order valence-corrected chi connectivity index (χ1v) is 11.3. The maximum Gasteiger partial charge on any atom is 0.266 e. The van der Waals surface area contributed by atoms with E-state index in [-0.39, 0.29) is 11.8 Å². The molecule has 0 bridgehead atoms. The topological polar surface area (TPSA) is 67.4 Å². The quantitative estimate of drug-likeness (QED) is 0.523. The molecule has 150 valence electrons. The van der Waals surface area contributed by atoms with E-state index < -0.39 is 0 Å². The third-order valence-electron chi connectivity index (χ3n) is 4.98. The minimum absolute atomic E-state index is 0.178. The van der Waals surface area contributed by atoms with Gasteiger partial charge in [0.2, 0.25) is 0 Å². The van der Waals surface area contributed by atoms with Crippen molar-refractivity contribution in [2.24, 2.45) is 0 Å². The van der Waals surface area contributed by atoms with Crippen molar-refractivity contribution >= 4 is 45.2 Å². The molecule has 0 unspecified atom stereocenters. The number of carbonyl (C=O) groups is 2. The zero-order valence-electron chi connectivity index (χ0n) is 16.1. The molecular weight excluding hydrogens is 404 g/mol. The van der Waals surface area contributed by atoms with Gasteiger partial charge in [0.1, 0.15) is 10.8 Å². The van der Waals surface area contributed by atoms with E-state index in [1.54, 1.807) is 13.2 Å². The molecule has 3 aromatic rings. The average molecular weight is 427 g/mol. The lowest BCUT2D eigenvalue weighted by Crippen LogP contribution is -2.18. The van der Waals surface area contributed by atoms with Crippen LogP contribution in [0.2, 0.25) is 0 Å². The van der Waals surface area contributed by atoms with E-state index >= 15 is 0 Å². The van der Waals surface area contributed by atoms with E-state index in [0.29, 0.717) is 26.9 Å². The fraction of sp³-hybridized carbons (Fsp3) is 0.273. The number of methoxy groups -OCH3 is 1. The zero-order valence-corrected chi connectivity index (χ0v) is 17.8. The first kappa shape index (κ1) is 19.7. The number of thiophene rings is 2. The maximum absolute atomic E-state index is 13.3. The van der Waals surface area contributed by atoms with E-state index in [4.69, 9.17) is 4.74 Å². The molecule has 2 heterocycles. The summed E-state index contributed by atoms with van der Waals surface area (Å²) >= 11 is 2.92. The Hall–Kier alpha value is -2.64. The predicted octanol–water partition coefficient (Wildman–Crippen LogP) is 5.59. The highest BCUT2D eigenvalue weighted by Gasteiger charge is 2.26. The summed E-state index contributed by atoms with van der Waals surface area (Å²) in [5.41, 5.74) is 2.27. The van der Waals surface area contributed by atoms with Gasteiger partial charge in [0.05, 0.1) is 23.2 Å². The van der Waals surface area contributed by atoms with Gasteiger partial charge >= 0.3 is 0 Å². The van der Waals surface area contributed by atoms with Crippen LogP contribution in [0, 0.1) is 0 Å². The molecule has 0 atom stereocenters. The van der Waals surface area contributed by atoms with Gasteiger partial charge in [-0.1, -0.05) is 24.6 Å². The van der Waals surface area contributed by atoms with Gasteiger partial charge in [-0.25, -0.2) is 0 Å². The van der Waals surface area contributed by atoms with Crippen molar-refractivity contribution in [1.29, 1.82) is 0 Å². The molecular formula is C22H22N2O3S2. The summed E-state index contributed by atoms with van der Waals surface area (Å²) < 4.78 is 5.36. The first-order valence-electron chi connectivity index (χ1n) is 9.61. The fourth-order valence-electron chi connectivity index (χ4n) is 3.58. The van der Waals surface area contributed by atoms with Gasteiger partial charge in [0.15, 0.2) is 0 Å². The monoisotopic (exact) mass is 426 g/mol. The lowest BCUT2D eigenvalue weighted by molar-refractivity contribution is 0.102. The van der Waals surface area contributed by atoms with Gasteiger partial charge in [-0.2, -0.15) is 0 Å². The summed E-state index contributed by atoms with van der Waals surface area (Å²) in [6, 6.07) is 11.0. The number of carbonyl (C=O) groups excluding carboxylic acids is 2. The molecule has 29 heavy (non-hydrogen) atoms. The number of anilines is 2. The molecule has 1 aliphatic carbocycles. The lowest BCUT2D eigenvalue weighted by Gasteiger charge is -2.12. The number of ether oxygens (including phenoxy) is 1. The van der Waals surface area contributed by atoms with Crippen molar-refractivity contribution in [3.05, 3.63) is 62.7 Å². The van der Waals surface area contributed by atoms with Crippen LogP contribution in [0.15, 0.2) is 41.8 Å². The van der Waals surface area contributed by atoms with Crippen molar-refractivity contribution < 1.29 is 14.3 Å². The van der Waals surface area contributed by atoms with Crippen LogP contribution >= 0.6 is 22.7 Å². The van der Waals surface area contributed by atoms with Crippen LogP contribution in [-0.2, 0) is 12.8 Å². The third-order valence-corrected chi connectivity index (χ3v) is 7.05. The minimum atomic E-state index is -0.213. The van der Waals surface area contributed by atoms with E-state index in [9.17, 15) is 9.59 Å². The van der Waals surface area contributed by atoms with Gasteiger partial charge in [-0.05, 0) is 54.8 Å². The van der Waals surface area contributed by atoms with Gasteiger partial charge in [-0.3, -0.25) is 9.59 Å². The van der Waals surface area contributed by atoms with Gasteiger partial charge in [0.25, 0.3) is 11.8 Å². The highest BCUT2D eigenvalue weighted by atomic mass is 32.1. The van der Waals surface area contributed by atoms with Crippen LogP contribution < -0.4 is 15.4 Å². The second-order valence-electron chi connectivity index (χ2n) is 6.85. The van der Waals surface area contributed by atoms with E-state index in [2.05, 4.69) is 10.6 Å². The number of nitrogens with one attached hydrogen (secondary N) is 2. The number of rotatable bonds is 5. The average Bonchev–Trinajstić information content (AvgIpc) is 3.32. The second kappa shape index (κ2) is 8.80. The summed E-state index contributed by atoms with van der Waals surface area (Å²) in [4.78, 5) is 27.8. The number of hydrogen-bond donors (Lipinski definition) is 2. The SMILES string of the molecule is COc1ccccc1NC(=O)c1c(NC(=O)c2cccs2)sc2c1CCCCC2. The van der Waals surface area contributed by atoms with Crippen LogP contribution in [0.3, 0.4) is 0 Å². The van der Waals surface area contributed by atoms with Crippen molar-refractivity contribution in [3.63, 3.8) is 0 Å². The molecule has 7 heteroatoms. The normalized spacial score (nSPS) is 13.3. The molecule has 4 rings (SSSR count). The van der Waals surface area contributed by atoms with Crippen LogP contribution in [-0.4, -0.2) is 18.9 Å². The van der Waals surface area contributed by atoms with Crippen LogP contribution in [0.4, 0.5) is 10.7 Å². The van der Waals surface area contributed by atoms with Gasteiger partial charge < -0.3 is 15.4 Å². The Morgan fingerprint density at radius 1 is 0.966 bits per heavy atom. The molecule has 2 N–H and O–H groups in total. The van der Waals surface area contributed by atoms with Gasteiger partial charge in [-0.15, -0.1) is 22.7 Å². The molecule has 0 spiro atoms. The largest absolute Gasteiger partial charge is 0.495 e. The number of amides is 2. The van der Waals surface area contributed by atoms with Crippen molar-refractivity contribution in [2.75, 3.05) is 17.7 Å². The van der Waals surface area contributed by atoms with Crippen molar-refractivity contribution in [1.82, 2.24) is 0 Å². The fourth-order valence-corrected chi connectivity index (χ4v) is 5.48. The molecule has 0 aliphatic heterocycles. The molecule has 2 aromatic heterocycles. The number of hydrogen-bond acceptors (Lipinski definition) is 5. The highest BCUT2D eigenvalue weighted by Crippen LogP contribution is 2.38. The highest BCUT2D eigenvalue weighted by molar-refractivity contribution is 7.17. The lowest BCUT2D eigenvalue weighted by atomic mass is 10.0. The van der Waals surface area contributed by atoms with E-state index in [1.807, 2.05) is 35.7 Å². The molecule has 5 nitrogen and oxygen atoms in total. The minimum Gasteiger partial charge on any atom is -0.495 e. The standard InChI is InChI=1S/C22H22N2O3S2/c1-27-16-10-6-5-9-15(16)23-21(26)19-14-8-3-2-4-11-17(14)29-22(19)24-20(25)18-12-7-13-28-18/h5-7,9-10,12-13H,2-4,8,11H2,1H3,(H,23,26)(H,24,25). The van der Waals surface area contributed by atoms with E-state index in [1.165, 1.54) is 27.6 Å². The van der Waals surface area contributed by atoms with Crippen LogP contribution in [0.5, 0.6) is 5.75 Å². The molecule has 0 saturated heterocycles. The molecule has 0 fully saturated rings. The number of para-hydroxylation sites is 2. The van der Waals surface area contributed by atoms with E-state index in [0.717, 1.165) is 37.7 Å². The zero-order chi connectivity index (χ0) is 20.2. The third kappa shape index (κ3) is 4.21. The predicted molar refractivity (Wildman–Crippen MR) is 119 cm³/mol. The Bertz CT molecular complexity index is 1020. The van der Waals surface area contributed by atoms with Crippen molar-refractivity contribution in [2.45, 2.75) is 32.1 Å². The molecule has 1 aliphatic rings. The van der Waals surface area contributed by atoms with Gasteiger partial charge in [0, 0.05) is 4.88 Å². The van der Waals surface area contributed by atoms with Crippen LogP contribution in [0.25, 0.3) is 0 Å². The Morgan fingerprint density at radius 3 is 2.59 bits per heavy atom. The summed E-state index contributed by atoms with van der Waals surface area (Å²) in [5.74, 6) is 0.212. The second-order valence-corrected chi connectivity index (χ2v) is 8.91. The smallest absolute Gasteiger partial charge is 0.266 e. The molecule has 1 aromatic carbocycles. The Kier molecular flexibility index (Phi) is 5.97. The summed E-state index contributed by atoms with van der Waals surface area (Å²) in [6.07, 6.45) is 5.13. The number of aryl methyl sites for hydroxylation is 1. The Labute approximate surface area is 177 Å².